The van der Waals surface area contributed by atoms with Gasteiger partial charge in [0.1, 0.15) is 0 Å². The van der Waals surface area contributed by atoms with Gasteiger partial charge in [-0.05, 0) is 36.4 Å². The van der Waals surface area contributed by atoms with E-state index in [-0.39, 0.29) is 0 Å². The third-order valence-electron chi connectivity index (χ3n) is 4.53. The van der Waals surface area contributed by atoms with Crippen molar-refractivity contribution in [2.75, 3.05) is 34.8 Å². The Hall–Kier alpha value is -2.72. The lowest BCUT2D eigenvalue weighted by Crippen LogP contribution is -2.60. The van der Waals surface area contributed by atoms with Crippen LogP contribution in [0.15, 0.2) is 91.0 Å². The number of nitrogens with zero attached hydrogens (tertiary/aromatic N) is 3. The number of rotatable bonds is 6. The Morgan fingerprint density at radius 3 is 0.920 bits per heavy atom. The molecule has 3 aromatic carbocycles. The molecular weight excluding hydrogens is 322 g/mol. The summed E-state index contributed by atoms with van der Waals surface area (Å²) in [4.78, 5) is 0. The van der Waals surface area contributed by atoms with Crippen molar-refractivity contribution in [1.29, 1.82) is 0 Å². The minimum absolute atomic E-state index is 1.24. The highest BCUT2D eigenvalue weighted by Crippen LogP contribution is 2.23. The van der Waals surface area contributed by atoms with Crippen LogP contribution < -0.4 is 13.7 Å². The summed E-state index contributed by atoms with van der Waals surface area (Å²) >= 11 is 0. The van der Waals surface area contributed by atoms with Gasteiger partial charge in [0, 0.05) is 38.2 Å². The maximum absolute atomic E-state index is 2.43. The lowest BCUT2D eigenvalue weighted by molar-refractivity contribution is 1.11. The Balaban J connectivity index is 1.99. The predicted molar refractivity (Wildman–Crippen MR) is 112 cm³/mol. The molecule has 0 radical (unpaired) electrons. The van der Waals surface area contributed by atoms with Gasteiger partial charge in [0.15, 0.2) is 0 Å². The zero-order chi connectivity index (χ0) is 17.6. The van der Waals surface area contributed by atoms with E-state index in [4.69, 9.17) is 0 Å². The summed E-state index contributed by atoms with van der Waals surface area (Å²) in [7, 11) is 4.90. The van der Waals surface area contributed by atoms with Gasteiger partial charge in [-0.1, -0.05) is 54.6 Å². The van der Waals surface area contributed by atoms with E-state index in [0.717, 1.165) is 0 Å². The Morgan fingerprint density at radius 2 is 0.680 bits per heavy atom. The molecule has 0 saturated carbocycles. The molecule has 128 valence electrons. The fraction of sp³-hybridized carbons (Fsp3) is 0.143. The first-order valence-electron chi connectivity index (χ1n) is 8.52. The van der Waals surface area contributed by atoms with Crippen molar-refractivity contribution in [3.8, 4) is 0 Å². The van der Waals surface area contributed by atoms with E-state index in [1.165, 1.54) is 17.1 Å². The Bertz CT molecular complexity index is 657. The van der Waals surface area contributed by atoms with Crippen LogP contribution in [0.5, 0.6) is 0 Å². The second-order valence-corrected chi connectivity index (χ2v) is 9.20. The third kappa shape index (κ3) is 3.86. The second kappa shape index (κ2) is 7.90. The average Bonchev–Trinajstić information content (AvgIpc) is 2.70. The van der Waals surface area contributed by atoms with Crippen LogP contribution >= 0.6 is 0 Å². The molecule has 0 saturated heterocycles. The summed E-state index contributed by atoms with van der Waals surface area (Å²) in [5, 5.41) is 0. The van der Waals surface area contributed by atoms with Gasteiger partial charge in [-0.15, -0.1) is 0 Å². The molecule has 0 bridgehead atoms. The molecule has 0 spiro atoms. The molecule has 25 heavy (non-hydrogen) atoms. The Morgan fingerprint density at radius 1 is 0.440 bits per heavy atom. The molecule has 0 N–H and O–H groups in total. The van der Waals surface area contributed by atoms with E-state index in [1.54, 1.807) is 0 Å². The first-order chi connectivity index (χ1) is 12.2. The molecule has 0 aliphatic heterocycles. The molecule has 4 heteroatoms. The molecule has 3 aromatic rings. The molecule has 0 aliphatic carbocycles. The van der Waals surface area contributed by atoms with Crippen LogP contribution in [0.2, 0.25) is 0 Å². The van der Waals surface area contributed by atoms with E-state index in [1.807, 2.05) is 0 Å². The molecule has 0 aliphatic rings. The van der Waals surface area contributed by atoms with Gasteiger partial charge in [0.2, 0.25) is 0 Å². The summed E-state index contributed by atoms with van der Waals surface area (Å²) in [5.74, 6) is 0. The number of para-hydroxylation sites is 3. The van der Waals surface area contributed by atoms with Crippen molar-refractivity contribution in [3.05, 3.63) is 91.0 Å². The van der Waals surface area contributed by atoms with Crippen molar-refractivity contribution in [3.63, 3.8) is 0 Å². The topological polar surface area (TPSA) is 9.72 Å². The number of hydrogen-bond donors (Lipinski definition) is 0. The summed E-state index contributed by atoms with van der Waals surface area (Å²) in [6, 6.07) is 31.9. The van der Waals surface area contributed by atoms with Crippen LogP contribution in [0.3, 0.4) is 0 Å². The first-order valence-corrected chi connectivity index (χ1v) is 10.1. The highest BCUT2D eigenvalue weighted by atomic mass is 28.3. The fourth-order valence-electron chi connectivity index (χ4n) is 3.17. The smallest absolute Gasteiger partial charge is 0.362 e. The van der Waals surface area contributed by atoms with Gasteiger partial charge < -0.3 is 13.7 Å². The van der Waals surface area contributed by atoms with Crippen LogP contribution in [0, 0.1) is 0 Å². The molecule has 3 nitrogen and oxygen atoms in total. The van der Waals surface area contributed by atoms with Gasteiger partial charge in [0.05, 0.1) is 0 Å². The lowest BCUT2D eigenvalue weighted by Gasteiger charge is -2.42. The average molecular weight is 348 g/mol. The Labute approximate surface area is 152 Å². The molecular formula is C21H25N3Si. The van der Waals surface area contributed by atoms with E-state index in [2.05, 4.69) is 126 Å². The van der Waals surface area contributed by atoms with Crippen molar-refractivity contribution >= 4 is 26.3 Å². The van der Waals surface area contributed by atoms with E-state index in [9.17, 15) is 0 Å². The molecule has 0 fully saturated rings. The minimum Gasteiger partial charge on any atom is -0.370 e. The van der Waals surface area contributed by atoms with Gasteiger partial charge in [-0.25, -0.2) is 0 Å². The zero-order valence-corrected chi connectivity index (χ0v) is 16.2. The van der Waals surface area contributed by atoms with Crippen molar-refractivity contribution in [2.45, 2.75) is 0 Å². The van der Waals surface area contributed by atoms with Gasteiger partial charge in [-0.2, -0.15) is 0 Å². The van der Waals surface area contributed by atoms with Crippen LogP contribution in [0.25, 0.3) is 0 Å². The highest BCUT2D eigenvalue weighted by molar-refractivity contribution is 6.70. The fourth-order valence-corrected chi connectivity index (χ4v) is 6.04. The molecule has 0 unspecified atom stereocenters. The van der Waals surface area contributed by atoms with Crippen molar-refractivity contribution in [1.82, 2.24) is 0 Å². The molecule has 0 amide bonds. The summed E-state index contributed by atoms with van der Waals surface area (Å²) in [5.41, 5.74) is 3.72. The quantitative estimate of drug-likeness (QED) is 0.621. The first kappa shape index (κ1) is 17.1. The van der Waals surface area contributed by atoms with Crippen LogP contribution in [-0.2, 0) is 0 Å². The maximum Gasteiger partial charge on any atom is 0.362 e. The number of benzene rings is 3. The van der Waals surface area contributed by atoms with Crippen LogP contribution in [0.4, 0.5) is 17.1 Å². The van der Waals surface area contributed by atoms with Gasteiger partial charge in [-0.3, -0.25) is 0 Å². The molecule has 3 rings (SSSR count). The normalized spacial score (nSPS) is 10.6. The monoisotopic (exact) mass is 347 g/mol. The standard InChI is InChI=1S/C21H25N3Si/c1-22(19-13-7-4-8-14-19)25(23(2)20-15-9-5-10-16-20)24(3)21-17-11-6-12-18-21/h4-18,25H,1-3H3. The molecule has 0 aromatic heterocycles. The Kier molecular flexibility index (Phi) is 5.41. The maximum atomic E-state index is 2.43. The van der Waals surface area contributed by atoms with Crippen LogP contribution in [-0.4, -0.2) is 30.4 Å². The number of anilines is 3. The van der Waals surface area contributed by atoms with E-state index in [0.29, 0.717) is 0 Å². The predicted octanol–water partition coefficient (Wildman–Crippen LogP) is 4.11. The number of hydrogen-bond acceptors (Lipinski definition) is 3. The van der Waals surface area contributed by atoms with Gasteiger partial charge in [0.25, 0.3) is 0 Å². The van der Waals surface area contributed by atoms with E-state index < -0.39 is 9.28 Å². The second-order valence-electron chi connectivity index (χ2n) is 6.19. The molecule has 0 heterocycles. The summed E-state index contributed by atoms with van der Waals surface area (Å²) in [6.45, 7) is 0. The van der Waals surface area contributed by atoms with Crippen LogP contribution in [0.1, 0.15) is 0 Å². The summed E-state index contributed by atoms with van der Waals surface area (Å²) in [6.07, 6.45) is 0. The molecule has 0 atom stereocenters. The summed E-state index contributed by atoms with van der Waals surface area (Å²) < 4.78 is 7.29. The largest absolute Gasteiger partial charge is 0.370 e. The van der Waals surface area contributed by atoms with E-state index >= 15 is 0 Å². The lowest BCUT2D eigenvalue weighted by atomic mass is 10.3. The SMILES string of the molecule is CN(c1ccccc1)[SiH](N(C)c1ccccc1)N(C)c1ccccc1. The van der Waals surface area contributed by atoms with Crippen molar-refractivity contribution in [2.24, 2.45) is 0 Å². The third-order valence-corrected chi connectivity index (χ3v) is 7.50. The van der Waals surface area contributed by atoms with Gasteiger partial charge >= 0.3 is 9.28 Å². The van der Waals surface area contributed by atoms with Crippen molar-refractivity contribution < 1.29 is 0 Å². The highest BCUT2D eigenvalue weighted by Gasteiger charge is 2.29. The zero-order valence-electron chi connectivity index (χ0n) is 15.1. The minimum atomic E-state index is -1.70.